The van der Waals surface area contributed by atoms with Crippen LogP contribution in [0.4, 0.5) is 20.2 Å². The maximum atomic E-state index is 14.4. The summed E-state index contributed by atoms with van der Waals surface area (Å²) in [5, 5.41) is 4.22. The van der Waals surface area contributed by atoms with E-state index in [4.69, 9.17) is 4.74 Å². The molecule has 3 rings (SSSR count). The Labute approximate surface area is 139 Å². The van der Waals surface area contributed by atoms with Gasteiger partial charge in [-0.05, 0) is 43.3 Å². The fourth-order valence-corrected chi connectivity index (χ4v) is 2.53. The summed E-state index contributed by atoms with van der Waals surface area (Å²) in [6, 6.07) is 11.0. The van der Waals surface area contributed by atoms with Gasteiger partial charge in [0, 0.05) is 18.7 Å². The molecule has 0 radical (unpaired) electrons. The first-order chi connectivity index (χ1) is 11.6. The molecule has 0 amide bonds. The molecule has 6 heteroatoms. The van der Waals surface area contributed by atoms with Gasteiger partial charge in [0.2, 0.25) is 0 Å². The minimum Gasteiger partial charge on any atom is -0.378 e. The van der Waals surface area contributed by atoms with E-state index in [0.29, 0.717) is 49.0 Å². The minimum absolute atomic E-state index is 0.272. The number of ether oxygens (including phenoxy) is 1. The molecule has 0 saturated carbocycles. The van der Waals surface area contributed by atoms with E-state index in [0.717, 1.165) is 0 Å². The Hall–Kier alpha value is -2.47. The molecule has 126 valence electrons. The van der Waals surface area contributed by atoms with Gasteiger partial charge in [0.1, 0.15) is 11.6 Å². The smallest absolute Gasteiger partial charge is 0.147 e. The maximum Gasteiger partial charge on any atom is 0.147 e. The Morgan fingerprint density at radius 3 is 2.46 bits per heavy atom. The van der Waals surface area contributed by atoms with Crippen molar-refractivity contribution in [2.24, 2.45) is 5.10 Å². The number of rotatable bonds is 4. The molecule has 24 heavy (non-hydrogen) atoms. The second-order valence-corrected chi connectivity index (χ2v) is 5.58. The van der Waals surface area contributed by atoms with E-state index >= 15 is 0 Å². The molecule has 1 heterocycles. The first-order valence-electron chi connectivity index (χ1n) is 7.82. The van der Waals surface area contributed by atoms with Gasteiger partial charge in [0.25, 0.3) is 0 Å². The molecule has 1 aliphatic rings. The van der Waals surface area contributed by atoms with Gasteiger partial charge in [-0.2, -0.15) is 5.10 Å². The van der Waals surface area contributed by atoms with Gasteiger partial charge in [-0.15, -0.1) is 0 Å². The molecule has 1 fully saturated rings. The monoisotopic (exact) mass is 331 g/mol. The van der Waals surface area contributed by atoms with Crippen molar-refractivity contribution >= 4 is 17.1 Å². The Kier molecular flexibility index (Phi) is 5.05. The van der Waals surface area contributed by atoms with Crippen molar-refractivity contribution < 1.29 is 13.5 Å². The highest BCUT2D eigenvalue weighted by Crippen LogP contribution is 2.22. The lowest BCUT2D eigenvalue weighted by molar-refractivity contribution is 0.122. The molecule has 0 spiro atoms. The van der Waals surface area contributed by atoms with Crippen molar-refractivity contribution in [3.63, 3.8) is 0 Å². The normalized spacial score (nSPS) is 15.5. The molecule has 0 bridgehead atoms. The summed E-state index contributed by atoms with van der Waals surface area (Å²) in [4.78, 5) is 1.98. The topological polar surface area (TPSA) is 36.9 Å². The van der Waals surface area contributed by atoms with Gasteiger partial charge in [0.05, 0.1) is 30.3 Å². The quantitative estimate of drug-likeness (QED) is 0.686. The van der Waals surface area contributed by atoms with Crippen LogP contribution in [0, 0.1) is 11.6 Å². The molecular weight excluding hydrogens is 312 g/mol. The van der Waals surface area contributed by atoms with Crippen LogP contribution in [0.5, 0.6) is 0 Å². The number of nitrogens with zero attached hydrogens (tertiary/aromatic N) is 2. The number of hydrogen-bond acceptors (Lipinski definition) is 4. The molecule has 1 N–H and O–H groups in total. The van der Waals surface area contributed by atoms with Gasteiger partial charge in [0.15, 0.2) is 0 Å². The summed E-state index contributed by atoms with van der Waals surface area (Å²) in [6.45, 7) is 4.40. The van der Waals surface area contributed by atoms with Crippen molar-refractivity contribution in [3.05, 3.63) is 59.7 Å². The Balaban J connectivity index is 1.72. The predicted molar refractivity (Wildman–Crippen MR) is 91.7 cm³/mol. The molecule has 0 aromatic heterocycles. The predicted octanol–water partition coefficient (Wildman–Crippen LogP) is 3.64. The molecule has 0 atom stereocenters. The fourth-order valence-electron chi connectivity index (χ4n) is 2.53. The summed E-state index contributed by atoms with van der Waals surface area (Å²) in [5.41, 5.74) is 5.43. The Morgan fingerprint density at radius 1 is 1.08 bits per heavy atom. The average Bonchev–Trinajstić information content (AvgIpc) is 2.61. The summed E-state index contributed by atoms with van der Waals surface area (Å²) in [7, 11) is 0. The number of nitrogens with one attached hydrogen (secondary N) is 1. The zero-order valence-corrected chi connectivity index (χ0v) is 13.4. The van der Waals surface area contributed by atoms with E-state index in [-0.39, 0.29) is 11.6 Å². The third-order valence-electron chi connectivity index (χ3n) is 3.91. The lowest BCUT2D eigenvalue weighted by atomic mass is 10.1. The highest BCUT2D eigenvalue weighted by atomic mass is 19.1. The van der Waals surface area contributed by atoms with Crippen LogP contribution in [-0.2, 0) is 4.74 Å². The van der Waals surface area contributed by atoms with Crippen LogP contribution in [0.15, 0.2) is 47.6 Å². The van der Waals surface area contributed by atoms with E-state index in [1.165, 1.54) is 18.2 Å². The lowest BCUT2D eigenvalue weighted by Gasteiger charge is -2.29. The van der Waals surface area contributed by atoms with Crippen LogP contribution < -0.4 is 10.3 Å². The number of halogens is 2. The van der Waals surface area contributed by atoms with Gasteiger partial charge < -0.3 is 9.64 Å². The first kappa shape index (κ1) is 16.4. The molecular formula is C18H19F2N3O. The summed E-state index contributed by atoms with van der Waals surface area (Å²) >= 11 is 0. The number of benzene rings is 2. The highest BCUT2D eigenvalue weighted by molar-refractivity contribution is 5.99. The number of hydrogen-bond donors (Lipinski definition) is 1. The maximum absolute atomic E-state index is 14.4. The van der Waals surface area contributed by atoms with E-state index in [1.54, 1.807) is 25.1 Å². The molecule has 2 aromatic rings. The van der Waals surface area contributed by atoms with Crippen LogP contribution in [0.25, 0.3) is 0 Å². The van der Waals surface area contributed by atoms with Crippen LogP contribution in [0.3, 0.4) is 0 Å². The molecule has 0 unspecified atom stereocenters. The summed E-state index contributed by atoms with van der Waals surface area (Å²) in [5.74, 6) is -0.576. The molecule has 4 nitrogen and oxygen atoms in total. The highest BCUT2D eigenvalue weighted by Gasteiger charge is 2.15. The van der Waals surface area contributed by atoms with Crippen molar-refractivity contribution in [2.45, 2.75) is 6.92 Å². The zero-order chi connectivity index (χ0) is 16.9. The van der Waals surface area contributed by atoms with Crippen LogP contribution in [-0.4, -0.2) is 32.0 Å². The van der Waals surface area contributed by atoms with Gasteiger partial charge in [-0.25, -0.2) is 8.78 Å². The van der Waals surface area contributed by atoms with E-state index in [2.05, 4.69) is 10.5 Å². The molecule has 1 saturated heterocycles. The fraction of sp³-hybridized carbons (Fsp3) is 0.278. The average molecular weight is 331 g/mol. The van der Waals surface area contributed by atoms with E-state index < -0.39 is 0 Å². The number of anilines is 2. The van der Waals surface area contributed by atoms with Gasteiger partial charge in [-0.3, -0.25) is 5.43 Å². The van der Waals surface area contributed by atoms with Crippen LogP contribution in [0.2, 0.25) is 0 Å². The summed E-state index contributed by atoms with van der Waals surface area (Å²) < 4.78 is 32.6. The number of hydrazone groups is 1. The molecule has 0 aliphatic carbocycles. The van der Waals surface area contributed by atoms with E-state index in [1.807, 2.05) is 11.0 Å². The second-order valence-electron chi connectivity index (χ2n) is 5.58. The van der Waals surface area contributed by atoms with Crippen molar-refractivity contribution in [1.29, 1.82) is 0 Å². The SMILES string of the molecule is C/C(=N\Nc1ccc(F)cc1)c1ccc(N2CCOCC2)c(F)c1. The third kappa shape index (κ3) is 3.89. The Bertz CT molecular complexity index is 726. The van der Waals surface area contributed by atoms with Crippen molar-refractivity contribution in [2.75, 3.05) is 36.6 Å². The summed E-state index contributed by atoms with van der Waals surface area (Å²) in [6.07, 6.45) is 0. The number of morpholine rings is 1. The first-order valence-corrected chi connectivity index (χ1v) is 7.82. The van der Waals surface area contributed by atoms with Gasteiger partial charge in [-0.1, -0.05) is 6.07 Å². The largest absolute Gasteiger partial charge is 0.378 e. The molecule has 2 aromatic carbocycles. The van der Waals surface area contributed by atoms with Crippen LogP contribution in [0.1, 0.15) is 12.5 Å². The third-order valence-corrected chi connectivity index (χ3v) is 3.91. The van der Waals surface area contributed by atoms with Crippen molar-refractivity contribution in [1.82, 2.24) is 0 Å². The van der Waals surface area contributed by atoms with E-state index in [9.17, 15) is 8.78 Å². The Morgan fingerprint density at radius 2 is 1.79 bits per heavy atom. The zero-order valence-electron chi connectivity index (χ0n) is 13.4. The van der Waals surface area contributed by atoms with Gasteiger partial charge >= 0.3 is 0 Å². The lowest BCUT2D eigenvalue weighted by Crippen LogP contribution is -2.36. The minimum atomic E-state index is -0.304. The second kappa shape index (κ2) is 7.40. The van der Waals surface area contributed by atoms with Crippen molar-refractivity contribution in [3.8, 4) is 0 Å². The molecule has 1 aliphatic heterocycles. The standard InChI is InChI=1S/C18H19F2N3O/c1-13(21-22-16-5-3-15(19)4-6-16)14-2-7-18(17(20)12-14)23-8-10-24-11-9-23/h2-7,12,22H,8-11H2,1H3/b21-13+. The van der Waals surface area contributed by atoms with Crippen LogP contribution >= 0.6 is 0 Å².